The second-order valence-corrected chi connectivity index (χ2v) is 5.74. The first-order chi connectivity index (χ1) is 11.4. The van der Waals surface area contributed by atoms with Crippen LogP contribution in [0.15, 0.2) is 36.4 Å². The lowest BCUT2D eigenvalue weighted by atomic mass is 10.2. The summed E-state index contributed by atoms with van der Waals surface area (Å²) in [4.78, 5) is 12.5. The predicted octanol–water partition coefficient (Wildman–Crippen LogP) is 4.40. The number of ether oxygens (including phenoxy) is 3. The lowest BCUT2D eigenvalue weighted by molar-refractivity contribution is 0.102. The van der Waals surface area contributed by atoms with E-state index in [4.69, 9.17) is 25.8 Å². The number of rotatable bonds is 6. The van der Waals surface area contributed by atoms with E-state index in [0.29, 0.717) is 33.5 Å². The molecule has 0 saturated heterocycles. The van der Waals surface area contributed by atoms with Gasteiger partial charge in [0.1, 0.15) is 17.2 Å². The van der Waals surface area contributed by atoms with Gasteiger partial charge in [0.05, 0.1) is 31.0 Å². The zero-order chi connectivity index (χ0) is 17.7. The molecule has 128 valence electrons. The van der Waals surface area contributed by atoms with E-state index in [9.17, 15) is 4.79 Å². The van der Waals surface area contributed by atoms with E-state index in [1.807, 2.05) is 19.9 Å². The number of carbonyl (C=O) groups is 1. The van der Waals surface area contributed by atoms with E-state index in [-0.39, 0.29) is 12.0 Å². The molecule has 0 aliphatic heterocycles. The molecular formula is C18H20ClNO4. The third-order valence-electron chi connectivity index (χ3n) is 3.19. The smallest absolute Gasteiger partial charge is 0.255 e. The molecule has 1 amide bonds. The Kier molecular flexibility index (Phi) is 5.93. The molecule has 0 unspecified atom stereocenters. The second-order valence-electron chi connectivity index (χ2n) is 5.34. The monoisotopic (exact) mass is 349 g/mol. The van der Waals surface area contributed by atoms with Crippen molar-refractivity contribution in [2.75, 3.05) is 19.5 Å². The Morgan fingerprint density at radius 3 is 2.42 bits per heavy atom. The summed E-state index contributed by atoms with van der Waals surface area (Å²) in [6, 6.07) is 10.2. The Balaban J connectivity index is 2.26. The van der Waals surface area contributed by atoms with E-state index in [1.54, 1.807) is 30.3 Å². The van der Waals surface area contributed by atoms with E-state index >= 15 is 0 Å². The summed E-state index contributed by atoms with van der Waals surface area (Å²) in [7, 11) is 3.01. The molecule has 0 bridgehead atoms. The standard InChI is InChI=1S/C18H20ClNO4/c1-11(2)24-13-7-5-6-12(8-13)18(21)20-15-10-16(22-3)14(19)9-17(15)23-4/h5-11H,1-4H3,(H,20,21). The number of anilines is 1. The van der Waals surface area contributed by atoms with E-state index in [2.05, 4.69) is 5.32 Å². The Hall–Kier alpha value is -2.40. The number of carbonyl (C=O) groups excluding carboxylic acids is 1. The van der Waals surface area contributed by atoms with Crippen LogP contribution in [0.4, 0.5) is 5.69 Å². The Morgan fingerprint density at radius 2 is 1.79 bits per heavy atom. The minimum absolute atomic E-state index is 0.0314. The molecule has 0 radical (unpaired) electrons. The van der Waals surface area contributed by atoms with Gasteiger partial charge in [-0.25, -0.2) is 0 Å². The summed E-state index contributed by atoms with van der Waals surface area (Å²) >= 11 is 6.07. The van der Waals surface area contributed by atoms with Crippen LogP contribution in [0.2, 0.25) is 5.02 Å². The van der Waals surface area contributed by atoms with Crippen molar-refractivity contribution in [1.29, 1.82) is 0 Å². The predicted molar refractivity (Wildman–Crippen MR) is 94.7 cm³/mol. The van der Waals surface area contributed by atoms with Crippen molar-refractivity contribution in [1.82, 2.24) is 0 Å². The van der Waals surface area contributed by atoms with Crippen LogP contribution < -0.4 is 19.5 Å². The lowest BCUT2D eigenvalue weighted by Gasteiger charge is -2.14. The highest BCUT2D eigenvalue weighted by atomic mass is 35.5. The van der Waals surface area contributed by atoms with Gasteiger partial charge in [0.15, 0.2) is 0 Å². The topological polar surface area (TPSA) is 56.8 Å². The molecule has 24 heavy (non-hydrogen) atoms. The van der Waals surface area contributed by atoms with Crippen molar-refractivity contribution in [2.24, 2.45) is 0 Å². The molecule has 0 heterocycles. The fourth-order valence-corrected chi connectivity index (χ4v) is 2.37. The summed E-state index contributed by atoms with van der Waals surface area (Å²) in [6.45, 7) is 3.86. The fraction of sp³-hybridized carbons (Fsp3) is 0.278. The normalized spacial score (nSPS) is 10.4. The second kappa shape index (κ2) is 7.93. The molecule has 2 aromatic rings. The first-order valence-electron chi connectivity index (χ1n) is 7.44. The minimum Gasteiger partial charge on any atom is -0.495 e. The average Bonchev–Trinajstić information content (AvgIpc) is 2.55. The molecule has 5 nitrogen and oxygen atoms in total. The number of nitrogens with one attached hydrogen (secondary N) is 1. The van der Waals surface area contributed by atoms with Gasteiger partial charge in [0.2, 0.25) is 0 Å². The molecule has 0 aliphatic rings. The Labute approximate surface area is 146 Å². The third kappa shape index (κ3) is 4.32. The number of hydrogen-bond donors (Lipinski definition) is 1. The highest BCUT2D eigenvalue weighted by Gasteiger charge is 2.14. The Bertz CT molecular complexity index is 731. The summed E-state index contributed by atoms with van der Waals surface area (Å²) in [5.41, 5.74) is 0.947. The van der Waals surface area contributed by atoms with Gasteiger partial charge in [-0.1, -0.05) is 17.7 Å². The van der Waals surface area contributed by atoms with E-state index in [0.717, 1.165) is 0 Å². The summed E-state index contributed by atoms with van der Waals surface area (Å²) in [6.07, 6.45) is 0.0314. The van der Waals surface area contributed by atoms with Crippen LogP contribution in [0.25, 0.3) is 0 Å². The van der Waals surface area contributed by atoms with Gasteiger partial charge in [0.25, 0.3) is 5.91 Å². The molecule has 0 spiro atoms. The van der Waals surface area contributed by atoms with Crippen molar-refractivity contribution < 1.29 is 19.0 Å². The van der Waals surface area contributed by atoms with Gasteiger partial charge in [-0.05, 0) is 32.0 Å². The van der Waals surface area contributed by atoms with Gasteiger partial charge in [-0.2, -0.15) is 0 Å². The zero-order valence-electron chi connectivity index (χ0n) is 14.1. The molecule has 2 rings (SSSR count). The van der Waals surface area contributed by atoms with Crippen LogP contribution in [0.1, 0.15) is 24.2 Å². The Morgan fingerprint density at radius 1 is 1.08 bits per heavy atom. The number of amides is 1. The largest absolute Gasteiger partial charge is 0.495 e. The molecule has 0 atom stereocenters. The zero-order valence-corrected chi connectivity index (χ0v) is 14.8. The number of benzene rings is 2. The van der Waals surface area contributed by atoms with Crippen molar-refractivity contribution in [3.05, 3.63) is 47.0 Å². The molecular weight excluding hydrogens is 330 g/mol. The van der Waals surface area contributed by atoms with Gasteiger partial charge in [0, 0.05) is 17.7 Å². The van der Waals surface area contributed by atoms with Crippen molar-refractivity contribution >= 4 is 23.2 Å². The third-order valence-corrected chi connectivity index (χ3v) is 3.49. The molecule has 6 heteroatoms. The molecule has 0 saturated carbocycles. The van der Waals surface area contributed by atoms with Crippen LogP contribution in [0, 0.1) is 0 Å². The molecule has 1 N–H and O–H groups in total. The maximum atomic E-state index is 12.5. The quantitative estimate of drug-likeness (QED) is 0.840. The fourth-order valence-electron chi connectivity index (χ4n) is 2.14. The van der Waals surface area contributed by atoms with E-state index in [1.165, 1.54) is 14.2 Å². The maximum absolute atomic E-state index is 12.5. The summed E-state index contributed by atoms with van der Waals surface area (Å²) in [5, 5.41) is 3.20. The van der Waals surface area contributed by atoms with Gasteiger partial charge in [-0.15, -0.1) is 0 Å². The maximum Gasteiger partial charge on any atom is 0.255 e. The number of methoxy groups -OCH3 is 2. The van der Waals surface area contributed by atoms with Gasteiger partial charge >= 0.3 is 0 Å². The number of hydrogen-bond acceptors (Lipinski definition) is 4. The molecule has 2 aromatic carbocycles. The van der Waals surface area contributed by atoms with Gasteiger partial charge < -0.3 is 19.5 Å². The van der Waals surface area contributed by atoms with E-state index < -0.39 is 0 Å². The van der Waals surface area contributed by atoms with Crippen LogP contribution in [-0.2, 0) is 0 Å². The minimum atomic E-state index is -0.285. The van der Waals surface area contributed by atoms with Crippen LogP contribution in [0.3, 0.4) is 0 Å². The molecule has 0 fully saturated rings. The summed E-state index contributed by atoms with van der Waals surface area (Å²) < 4.78 is 16.0. The van der Waals surface area contributed by atoms with Gasteiger partial charge in [-0.3, -0.25) is 4.79 Å². The first-order valence-corrected chi connectivity index (χ1v) is 7.82. The molecule has 0 aliphatic carbocycles. The SMILES string of the molecule is COc1cc(NC(=O)c2cccc(OC(C)C)c2)c(OC)cc1Cl. The first kappa shape index (κ1) is 17.9. The summed E-state index contributed by atoms with van der Waals surface area (Å²) in [5.74, 6) is 1.25. The highest BCUT2D eigenvalue weighted by Crippen LogP contribution is 2.36. The average molecular weight is 350 g/mol. The highest BCUT2D eigenvalue weighted by molar-refractivity contribution is 6.32. The molecule has 0 aromatic heterocycles. The number of halogens is 1. The van der Waals surface area contributed by atoms with Crippen LogP contribution in [0.5, 0.6) is 17.2 Å². The van der Waals surface area contributed by atoms with Crippen LogP contribution >= 0.6 is 11.6 Å². The van der Waals surface area contributed by atoms with Crippen molar-refractivity contribution in [3.63, 3.8) is 0 Å². The van der Waals surface area contributed by atoms with Crippen molar-refractivity contribution in [2.45, 2.75) is 20.0 Å². The van der Waals surface area contributed by atoms with Crippen LogP contribution in [-0.4, -0.2) is 26.2 Å². The lowest BCUT2D eigenvalue weighted by Crippen LogP contribution is -2.13. The van der Waals surface area contributed by atoms with Crippen molar-refractivity contribution in [3.8, 4) is 17.2 Å².